The fourth-order valence-electron chi connectivity index (χ4n) is 1.53. The lowest BCUT2D eigenvalue weighted by atomic mass is 10.1. The predicted molar refractivity (Wildman–Crippen MR) is 70.7 cm³/mol. The number of ether oxygens (including phenoxy) is 1. The van der Waals surface area contributed by atoms with Gasteiger partial charge in [-0.3, -0.25) is 4.79 Å². The molecule has 0 aliphatic carbocycles. The van der Waals surface area contributed by atoms with E-state index in [2.05, 4.69) is 10.6 Å². The number of benzene rings is 1. The number of carbonyl (C=O) groups is 2. The first-order chi connectivity index (χ1) is 9.02. The lowest BCUT2D eigenvalue weighted by Crippen LogP contribution is -2.28. The number of aliphatic hydroxyl groups is 1. The van der Waals surface area contributed by atoms with Crippen LogP contribution in [-0.4, -0.2) is 30.3 Å². The van der Waals surface area contributed by atoms with Crippen molar-refractivity contribution in [1.82, 2.24) is 5.32 Å². The van der Waals surface area contributed by atoms with E-state index in [9.17, 15) is 9.59 Å². The molecule has 3 N–H and O–H groups in total. The molecule has 104 valence electrons. The van der Waals surface area contributed by atoms with Gasteiger partial charge in [-0.1, -0.05) is 12.1 Å². The number of nitrogens with one attached hydrogen (secondary N) is 2. The second kappa shape index (κ2) is 7.38. The summed E-state index contributed by atoms with van der Waals surface area (Å²) in [5, 5.41) is 13.8. The lowest BCUT2D eigenvalue weighted by molar-refractivity contribution is -0.114. The first-order valence-electron chi connectivity index (χ1n) is 5.94. The van der Waals surface area contributed by atoms with E-state index in [1.54, 1.807) is 25.1 Å². The van der Waals surface area contributed by atoms with E-state index in [4.69, 9.17) is 9.84 Å². The maximum Gasteiger partial charge on any atom is 0.407 e. The van der Waals surface area contributed by atoms with Crippen molar-refractivity contribution in [2.24, 2.45) is 0 Å². The van der Waals surface area contributed by atoms with Crippen LogP contribution in [0.1, 0.15) is 25.5 Å². The van der Waals surface area contributed by atoms with E-state index in [1.807, 2.05) is 6.07 Å². The van der Waals surface area contributed by atoms with Crippen molar-refractivity contribution in [3.05, 3.63) is 29.8 Å². The standard InChI is InChI=1S/C13H18N2O4/c1-9(14-13(18)19-7-6-16)11-4-3-5-12(8-11)15-10(2)17/h3-5,8-9,16H,6-7H2,1-2H3,(H,14,18)(H,15,17). The molecule has 6 heteroatoms. The van der Waals surface area contributed by atoms with Gasteiger partial charge in [-0.05, 0) is 24.6 Å². The van der Waals surface area contributed by atoms with E-state index < -0.39 is 6.09 Å². The predicted octanol–water partition coefficient (Wildman–Crippen LogP) is 1.42. The number of anilines is 1. The zero-order valence-electron chi connectivity index (χ0n) is 11.0. The minimum atomic E-state index is -0.591. The van der Waals surface area contributed by atoms with Gasteiger partial charge in [-0.25, -0.2) is 4.79 Å². The molecule has 1 atom stereocenters. The molecule has 0 heterocycles. The van der Waals surface area contributed by atoms with Crippen LogP contribution in [0, 0.1) is 0 Å². The van der Waals surface area contributed by atoms with E-state index in [1.165, 1.54) is 6.92 Å². The third kappa shape index (κ3) is 5.39. The van der Waals surface area contributed by atoms with Crippen LogP contribution in [0.15, 0.2) is 24.3 Å². The van der Waals surface area contributed by atoms with Crippen molar-refractivity contribution in [3.63, 3.8) is 0 Å². The summed E-state index contributed by atoms with van der Waals surface area (Å²) in [5.41, 5.74) is 1.51. The van der Waals surface area contributed by atoms with Crippen LogP contribution in [-0.2, 0) is 9.53 Å². The van der Waals surface area contributed by atoms with Gasteiger partial charge >= 0.3 is 6.09 Å². The SMILES string of the molecule is CC(=O)Nc1cccc(C(C)NC(=O)OCCO)c1. The number of rotatable bonds is 5. The molecule has 0 aliphatic rings. The molecule has 0 bridgehead atoms. The Morgan fingerprint density at radius 1 is 1.42 bits per heavy atom. The minimum absolute atomic E-state index is 0.0372. The molecule has 1 unspecified atom stereocenters. The van der Waals surface area contributed by atoms with Gasteiger partial charge in [0.25, 0.3) is 0 Å². The van der Waals surface area contributed by atoms with Crippen molar-refractivity contribution in [2.75, 3.05) is 18.5 Å². The lowest BCUT2D eigenvalue weighted by Gasteiger charge is -2.15. The Balaban J connectivity index is 2.63. The Hall–Kier alpha value is -2.08. The van der Waals surface area contributed by atoms with Gasteiger partial charge in [0.05, 0.1) is 12.6 Å². The molecular formula is C13H18N2O4. The Morgan fingerprint density at radius 3 is 2.79 bits per heavy atom. The monoisotopic (exact) mass is 266 g/mol. The highest BCUT2D eigenvalue weighted by Crippen LogP contribution is 2.17. The molecule has 19 heavy (non-hydrogen) atoms. The quantitative estimate of drug-likeness (QED) is 0.752. The van der Waals surface area contributed by atoms with Gasteiger partial charge in [0.1, 0.15) is 6.61 Å². The number of hydrogen-bond donors (Lipinski definition) is 3. The number of hydrogen-bond acceptors (Lipinski definition) is 4. The summed E-state index contributed by atoms with van der Waals surface area (Å²) >= 11 is 0. The summed E-state index contributed by atoms with van der Waals surface area (Å²) in [4.78, 5) is 22.3. The average molecular weight is 266 g/mol. The molecule has 1 rings (SSSR count). The summed E-state index contributed by atoms with van der Waals surface area (Å²) in [6.45, 7) is 2.98. The van der Waals surface area contributed by atoms with Crippen molar-refractivity contribution in [1.29, 1.82) is 0 Å². The molecule has 6 nitrogen and oxygen atoms in total. The van der Waals surface area contributed by atoms with Crippen LogP contribution in [0.5, 0.6) is 0 Å². The molecular weight excluding hydrogens is 248 g/mol. The van der Waals surface area contributed by atoms with Crippen LogP contribution >= 0.6 is 0 Å². The molecule has 0 spiro atoms. The minimum Gasteiger partial charge on any atom is -0.447 e. The number of amides is 2. The highest BCUT2D eigenvalue weighted by atomic mass is 16.6. The molecule has 2 amide bonds. The third-order valence-corrected chi connectivity index (χ3v) is 2.37. The molecule has 0 saturated heterocycles. The Morgan fingerprint density at radius 2 is 2.16 bits per heavy atom. The van der Waals surface area contributed by atoms with Gasteiger partial charge in [0, 0.05) is 12.6 Å². The molecule has 1 aromatic rings. The maximum atomic E-state index is 11.3. The number of alkyl carbamates (subject to hydrolysis) is 1. The van der Waals surface area contributed by atoms with Gasteiger partial charge in [-0.2, -0.15) is 0 Å². The average Bonchev–Trinajstić information content (AvgIpc) is 2.35. The zero-order chi connectivity index (χ0) is 14.3. The summed E-state index contributed by atoms with van der Waals surface area (Å²) < 4.78 is 4.71. The molecule has 0 fully saturated rings. The van der Waals surface area contributed by atoms with Crippen molar-refractivity contribution >= 4 is 17.7 Å². The Bertz CT molecular complexity index is 448. The summed E-state index contributed by atoms with van der Waals surface area (Å²) in [6, 6.07) is 6.90. The molecule has 0 aliphatic heterocycles. The number of carbonyl (C=O) groups excluding carboxylic acids is 2. The van der Waals surface area contributed by atoms with E-state index >= 15 is 0 Å². The zero-order valence-corrected chi connectivity index (χ0v) is 11.0. The smallest absolute Gasteiger partial charge is 0.407 e. The number of aliphatic hydroxyl groups excluding tert-OH is 1. The van der Waals surface area contributed by atoms with Gasteiger partial charge < -0.3 is 20.5 Å². The van der Waals surface area contributed by atoms with Crippen molar-refractivity contribution < 1.29 is 19.4 Å². The van der Waals surface area contributed by atoms with E-state index in [0.29, 0.717) is 5.69 Å². The first-order valence-corrected chi connectivity index (χ1v) is 5.94. The summed E-state index contributed by atoms with van der Waals surface area (Å²) in [6.07, 6.45) is -0.591. The van der Waals surface area contributed by atoms with Crippen LogP contribution in [0.3, 0.4) is 0 Å². The third-order valence-electron chi connectivity index (χ3n) is 2.37. The fourth-order valence-corrected chi connectivity index (χ4v) is 1.53. The second-order valence-corrected chi connectivity index (χ2v) is 4.03. The highest BCUT2D eigenvalue weighted by Gasteiger charge is 2.10. The second-order valence-electron chi connectivity index (χ2n) is 4.03. The van der Waals surface area contributed by atoms with Crippen molar-refractivity contribution in [2.45, 2.75) is 19.9 Å². The first kappa shape index (κ1) is 15.0. The largest absolute Gasteiger partial charge is 0.447 e. The topological polar surface area (TPSA) is 87.7 Å². The summed E-state index contributed by atoms with van der Waals surface area (Å²) in [5.74, 6) is -0.153. The van der Waals surface area contributed by atoms with Crippen molar-refractivity contribution in [3.8, 4) is 0 Å². The van der Waals surface area contributed by atoms with Gasteiger partial charge in [0.15, 0.2) is 0 Å². The van der Waals surface area contributed by atoms with Gasteiger partial charge in [0.2, 0.25) is 5.91 Å². The molecule has 1 aromatic carbocycles. The van der Waals surface area contributed by atoms with E-state index in [-0.39, 0.29) is 25.2 Å². The highest BCUT2D eigenvalue weighted by molar-refractivity contribution is 5.88. The maximum absolute atomic E-state index is 11.3. The van der Waals surface area contributed by atoms with Crippen LogP contribution in [0.4, 0.5) is 10.5 Å². The van der Waals surface area contributed by atoms with Crippen LogP contribution in [0.25, 0.3) is 0 Å². The molecule has 0 saturated carbocycles. The summed E-state index contributed by atoms with van der Waals surface area (Å²) in [7, 11) is 0. The Kier molecular flexibility index (Phi) is 5.81. The normalized spacial score (nSPS) is 11.5. The van der Waals surface area contributed by atoms with Crippen LogP contribution < -0.4 is 10.6 Å². The van der Waals surface area contributed by atoms with Crippen LogP contribution in [0.2, 0.25) is 0 Å². The molecule has 0 radical (unpaired) electrons. The fraction of sp³-hybridized carbons (Fsp3) is 0.385. The van der Waals surface area contributed by atoms with E-state index in [0.717, 1.165) is 5.56 Å². The molecule has 0 aromatic heterocycles. The van der Waals surface area contributed by atoms with Gasteiger partial charge in [-0.15, -0.1) is 0 Å². The Labute approximate surface area is 111 Å².